The highest BCUT2D eigenvalue weighted by Crippen LogP contribution is 2.31. The van der Waals surface area contributed by atoms with Gasteiger partial charge in [-0.25, -0.2) is 4.98 Å². The first kappa shape index (κ1) is 13.1. The molecule has 104 valence electrons. The number of imidazole rings is 1. The van der Waals surface area contributed by atoms with E-state index < -0.39 is 5.97 Å². The topological polar surface area (TPSA) is 58.0 Å². The maximum atomic E-state index is 11.3. The van der Waals surface area contributed by atoms with Crippen molar-refractivity contribution in [3.63, 3.8) is 0 Å². The van der Waals surface area contributed by atoms with Crippen molar-refractivity contribution in [2.45, 2.75) is 0 Å². The number of rotatable bonds is 3. The molecular weight excluding hydrogens is 264 g/mol. The maximum Gasteiger partial charge on any atom is 0.156 e. The van der Waals surface area contributed by atoms with E-state index in [1.165, 1.54) is 0 Å². The van der Waals surface area contributed by atoms with Crippen LogP contribution < -0.4 is 5.11 Å². The first-order valence-electron chi connectivity index (χ1n) is 6.57. The lowest BCUT2D eigenvalue weighted by atomic mass is 10.1. The fraction of sp³-hybridized carbons (Fsp3) is 0.0588. The molecule has 0 N–H and O–H groups in total. The van der Waals surface area contributed by atoms with Crippen LogP contribution in [-0.2, 0) is 7.05 Å². The Morgan fingerprint density at radius 2 is 1.48 bits per heavy atom. The van der Waals surface area contributed by atoms with Gasteiger partial charge in [-0.3, -0.25) is 0 Å². The standard InChI is InChI=1S/C17H14N2O2/c1-19-15(13-10-6-3-7-11-13)14(18-16(19)17(20)21)12-8-4-2-5-9-12/h2-11H,1H3,(H,20,21)/p-1. The number of hydrogen-bond acceptors (Lipinski definition) is 3. The molecule has 4 heteroatoms. The number of carboxylic acids is 1. The highest BCUT2D eigenvalue weighted by Gasteiger charge is 2.17. The number of aromatic nitrogens is 2. The Balaban J connectivity index is 2.29. The van der Waals surface area contributed by atoms with Crippen LogP contribution >= 0.6 is 0 Å². The number of carbonyl (C=O) groups excluding carboxylic acids is 1. The average molecular weight is 277 g/mol. The van der Waals surface area contributed by atoms with Crippen molar-refractivity contribution >= 4 is 5.97 Å². The maximum absolute atomic E-state index is 11.3. The highest BCUT2D eigenvalue weighted by atomic mass is 16.4. The summed E-state index contributed by atoms with van der Waals surface area (Å²) in [5.41, 5.74) is 3.20. The third kappa shape index (κ3) is 2.31. The fourth-order valence-corrected chi connectivity index (χ4v) is 2.40. The van der Waals surface area contributed by atoms with Gasteiger partial charge in [0.2, 0.25) is 0 Å². The summed E-state index contributed by atoms with van der Waals surface area (Å²) in [6.45, 7) is 0. The van der Waals surface area contributed by atoms with Crippen LogP contribution in [0.2, 0.25) is 0 Å². The van der Waals surface area contributed by atoms with Crippen LogP contribution in [0.3, 0.4) is 0 Å². The number of aromatic carboxylic acids is 1. The minimum atomic E-state index is -1.28. The van der Waals surface area contributed by atoms with Crippen molar-refractivity contribution in [3.05, 3.63) is 66.5 Å². The van der Waals surface area contributed by atoms with Crippen molar-refractivity contribution in [3.8, 4) is 22.5 Å². The van der Waals surface area contributed by atoms with E-state index in [1.807, 2.05) is 60.7 Å². The van der Waals surface area contributed by atoms with Crippen molar-refractivity contribution in [1.29, 1.82) is 0 Å². The summed E-state index contributed by atoms with van der Waals surface area (Å²) in [6.07, 6.45) is 0. The van der Waals surface area contributed by atoms with E-state index in [0.29, 0.717) is 5.69 Å². The second-order valence-electron chi connectivity index (χ2n) is 4.71. The van der Waals surface area contributed by atoms with Crippen LogP contribution in [0.1, 0.15) is 10.6 Å². The van der Waals surface area contributed by atoms with Crippen molar-refractivity contribution in [2.75, 3.05) is 0 Å². The molecule has 0 fully saturated rings. The van der Waals surface area contributed by atoms with Gasteiger partial charge in [-0.15, -0.1) is 0 Å². The molecular formula is C17H13N2O2-. The van der Waals surface area contributed by atoms with E-state index in [-0.39, 0.29) is 5.82 Å². The summed E-state index contributed by atoms with van der Waals surface area (Å²) in [4.78, 5) is 15.5. The monoisotopic (exact) mass is 277 g/mol. The van der Waals surface area contributed by atoms with Gasteiger partial charge in [0.25, 0.3) is 0 Å². The van der Waals surface area contributed by atoms with Gasteiger partial charge in [-0.05, 0) is 0 Å². The van der Waals surface area contributed by atoms with Gasteiger partial charge in [-0.2, -0.15) is 0 Å². The number of nitrogens with zero attached hydrogens (tertiary/aromatic N) is 2. The number of benzene rings is 2. The van der Waals surface area contributed by atoms with E-state index in [0.717, 1.165) is 16.8 Å². The smallest absolute Gasteiger partial charge is 0.156 e. The van der Waals surface area contributed by atoms with Crippen LogP contribution in [0.4, 0.5) is 0 Å². The SMILES string of the molecule is Cn1c(C(=O)[O-])nc(-c2ccccc2)c1-c1ccccc1. The van der Waals surface area contributed by atoms with Gasteiger partial charge in [0, 0.05) is 18.2 Å². The lowest BCUT2D eigenvalue weighted by Gasteiger charge is -2.08. The van der Waals surface area contributed by atoms with Crippen molar-refractivity contribution < 1.29 is 9.90 Å². The third-order valence-electron chi connectivity index (χ3n) is 3.37. The molecule has 0 saturated carbocycles. The van der Waals surface area contributed by atoms with Crippen molar-refractivity contribution in [2.24, 2.45) is 7.05 Å². The Bertz CT molecular complexity index is 777. The molecule has 2 aromatic carbocycles. The molecule has 0 amide bonds. The summed E-state index contributed by atoms with van der Waals surface area (Å²) in [5, 5.41) is 11.3. The first-order chi connectivity index (χ1) is 10.2. The lowest BCUT2D eigenvalue weighted by Crippen LogP contribution is -2.26. The second kappa shape index (κ2) is 5.25. The predicted octanol–water partition coefficient (Wildman–Crippen LogP) is 2.12. The molecule has 0 bridgehead atoms. The summed E-state index contributed by atoms with van der Waals surface area (Å²) in [5.74, 6) is -1.36. The molecule has 1 aromatic heterocycles. The molecule has 0 atom stereocenters. The number of carbonyl (C=O) groups is 1. The zero-order chi connectivity index (χ0) is 14.8. The number of carboxylic acid groups (broad SMARTS) is 1. The Hall–Kier alpha value is -2.88. The molecule has 0 saturated heterocycles. The zero-order valence-corrected chi connectivity index (χ0v) is 11.5. The molecule has 0 aliphatic rings. The first-order valence-corrected chi connectivity index (χ1v) is 6.57. The van der Waals surface area contributed by atoms with Crippen LogP contribution in [0.15, 0.2) is 60.7 Å². The predicted molar refractivity (Wildman–Crippen MR) is 78.4 cm³/mol. The molecule has 0 spiro atoms. The minimum Gasteiger partial charge on any atom is -0.542 e. The minimum absolute atomic E-state index is 0.0762. The molecule has 3 aromatic rings. The van der Waals surface area contributed by atoms with Gasteiger partial charge in [0.15, 0.2) is 5.82 Å². The molecule has 0 radical (unpaired) electrons. The molecule has 3 rings (SSSR count). The third-order valence-corrected chi connectivity index (χ3v) is 3.37. The highest BCUT2D eigenvalue weighted by molar-refractivity contribution is 5.88. The Labute approximate surface area is 122 Å². The molecule has 21 heavy (non-hydrogen) atoms. The fourth-order valence-electron chi connectivity index (χ4n) is 2.40. The summed E-state index contributed by atoms with van der Waals surface area (Å²) >= 11 is 0. The van der Waals surface area contributed by atoms with E-state index in [2.05, 4.69) is 4.98 Å². The van der Waals surface area contributed by atoms with Gasteiger partial charge in [0.1, 0.15) is 5.97 Å². The van der Waals surface area contributed by atoms with Crippen LogP contribution in [0, 0.1) is 0 Å². The van der Waals surface area contributed by atoms with Gasteiger partial charge in [0.05, 0.1) is 11.4 Å². The molecule has 0 aliphatic heterocycles. The van der Waals surface area contributed by atoms with Crippen LogP contribution in [0.5, 0.6) is 0 Å². The quantitative estimate of drug-likeness (QED) is 0.736. The van der Waals surface area contributed by atoms with Gasteiger partial charge < -0.3 is 14.5 Å². The molecule has 0 aliphatic carbocycles. The number of hydrogen-bond donors (Lipinski definition) is 0. The zero-order valence-electron chi connectivity index (χ0n) is 11.5. The summed E-state index contributed by atoms with van der Waals surface area (Å²) in [6, 6.07) is 19.1. The van der Waals surface area contributed by atoms with E-state index in [4.69, 9.17) is 0 Å². The van der Waals surface area contributed by atoms with E-state index in [9.17, 15) is 9.90 Å². The lowest BCUT2D eigenvalue weighted by molar-refractivity contribution is -0.256. The van der Waals surface area contributed by atoms with Gasteiger partial charge in [-0.1, -0.05) is 60.7 Å². The Morgan fingerprint density at radius 1 is 0.952 bits per heavy atom. The van der Waals surface area contributed by atoms with Crippen LogP contribution in [-0.4, -0.2) is 15.5 Å². The molecule has 1 heterocycles. The molecule has 0 unspecified atom stereocenters. The van der Waals surface area contributed by atoms with Crippen molar-refractivity contribution in [1.82, 2.24) is 9.55 Å². The molecule has 4 nitrogen and oxygen atoms in total. The average Bonchev–Trinajstić information content (AvgIpc) is 2.87. The normalized spacial score (nSPS) is 10.5. The Kier molecular flexibility index (Phi) is 3.28. The second-order valence-corrected chi connectivity index (χ2v) is 4.71. The largest absolute Gasteiger partial charge is 0.542 e. The van der Waals surface area contributed by atoms with Crippen LogP contribution in [0.25, 0.3) is 22.5 Å². The Morgan fingerprint density at radius 3 is 2.00 bits per heavy atom. The van der Waals surface area contributed by atoms with E-state index in [1.54, 1.807) is 11.6 Å². The van der Waals surface area contributed by atoms with E-state index >= 15 is 0 Å². The summed E-state index contributed by atoms with van der Waals surface area (Å²) in [7, 11) is 1.69. The summed E-state index contributed by atoms with van der Waals surface area (Å²) < 4.78 is 1.56. The van der Waals surface area contributed by atoms with Gasteiger partial charge >= 0.3 is 0 Å².